The lowest BCUT2D eigenvalue weighted by molar-refractivity contribution is 0.0200. The molecule has 0 atom stereocenters. The van der Waals surface area contributed by atoms with Crippen LogP contribution in [0.15, 0.2) is 30.3 Å². The number of fused-ring (bicyclic) bond motifs is 1. The molecule has 1 aliphatic heterocycles. The van der Waals surface area contributed by atoms with Gasteiger partial charge in [-0.05, 0) is 70.9 Å². The molecule has 0 spiro atoms. The van der Waals surface area contributed by atoms with Gasteiger partial charge in [-0.25, -0.2) is 13.9 Å². The van der Waals surface area contributed by atoms with Gasteiger partial charge in [0, 0.05) is 24.5 Å². The zero-order chi connectivity index (χ0) is 23.0. The van der Waals surface area contributed by atoms with Crippen molar-refractivity contribution in [2.75, 3.05) is 13.1 Å². The van der Waals surface area contributed by atoms with E-state index >= 15 is 0 Å². The molecule has 2 amide bonds. The van der Waals surface area contributed by atoms with E-state index in [1.165, 1.54) is 23.5 Å². The van der Waals surface area contributed by atoms with Crippen LogP contribution in [0.1, 0.15) is 49.0 Å². The van der Waals surface area contributed by atoms with Gasteiger partial charge >= 0.3 is 6.09 Å². The van der Waals surface area contributed by atoms with Gasteiger partial charge in [-0.2, -0.15) is 5.10 Å². The van der Waals surface area contributed by atoms with Crippen LogP contribution in [0.3, 0.4) is 0 Å². The second-order valence-electron chi connectivity index (χ2n) is 9.02. The topological polar surface area (TPSA) is 76.5 Å². The normalized spacial score (nSPS) is 15.2. The zero-order valence-electron chi connectivity index (χ0n) is 18.6. The zero-order valence-corrected chi connectivity index (χ0v) is 19.5. The molecule has 0 unspecified atom stereocenters. The molecule has 0 saturated carbocycles. The predicted octanol–water partition coefficient (Wildman–Crippen LogP) is 4.66. The summed E-state index contributed by atoms with van der Waals surface area (Å²) in [5, 5.41) is 8.54. The molecule has 9 heteroatoms. The number of nitrogens with zero attached hydrogens (tertiary/aromatic N) is 3. The summed E-state index contributed by atoms with van der Waals surface area (Å²) in [5.41, 5.74) is 1.03. The fourth-order valence-corrected chi connectivity index (χ4v) is 4.79. The monoisotopic (exact) mass is 458 g/mol. The highest BCUT2D eigenvalue weighted by atomic mass is 32.1. The first kappa shape index (κ1) is 22.3. The smallest absolute Gasteiger partial charge is 0.410 e. The van der Waals surface area contributed by atoms with E-state index in [4.69, 9.17) is 4.74 Å². The highest BCUT2D eigenvalue weighted by Crippen LogP contribution is 2.30. The van der Waals surface area contributed by atoms with Crippen LogP contribution in [0, 0.1) is 12.7 Å². The molecule has 3 heterocycles. The summed E-state index contributed by atoms with van der Waals surface area (Å²) < 4.78 is 20.5. The number of rotatable bonds is 3. The molecule has 1 aromatic carbocycles. The molecule has 0 aliphatic carbocycles. The maximum atomic E-state index is 13.3. The molecule has 170 valence electrons. The summed E-state index contributed by atoms with van der Waals surface area (Å²) in [7, 11) is 0. The predicted molar refractivity (Wildman–Crippen MR) is 122 cm³/mol. The fraction of sp³-hybridized carbons (Fsp3) is 0.435. The summed E-state index contributed by atoms with van der Waals surface area (Å²) in [6, 6.07) is 7.97. The average Bonchev–Trinajstić information content (AvgIpc) is 3.29. The van der Waals surface area contributed by atoms with Crippen LogP contribution >= 0.6 is 11.3 Å². The average molecular weight is 459 g/mol. The number of thiophene rings is 1. The molecule has 0 radical (unpaired) electrons. The molecular formula is C23H27FN4O3S. The van der Waals surface area contributed by atoms with Crippen molar-refractivity contribution in [3.05, 3.63) is 46.7 Å². The van der Waals surface area contributed by atoms with Crippen LogP contribution in [0.5, 0.6) is 0 Å². The first-order chi connectivity index (χ1) is 15.1. The Bertz CT molecular complexity index is 1140. The number of carbonyl (C=O) groups excluding carboxylic acids is 2. The summed E-state index contributed by atoms with van der Waals surface area (Å²) in [6.07, 6.45) is 1.05. The Hall–Kier alpha value is -2.94. The molecule has 1 saturated heterocycles. The van der Waals surface area contributed by atoms with Gasteiger partial charge in [0.1, 0.15) is 16.2 Å². The minimum absolute atomic E-state index is 0.00101. The Labute approximate surface area is 190 Å². The molecule has 32 heavy (non-hydrogen) atoms. The summed E-state index contributed by atoms with van der Waals surface area (Å²) in [5.74, 6) is -0.440. The Morgan fingerprint density at radius 1 is 1.19 bits per heavy atom. The van der Waals surface area contributed by atoms with E-state index in [0.29, 0.717) is 30.8 Å². The van der Waals surface area contributed by atoms with E-state index in [0.717, 1.165) is 21.6 Å². The summed E-state index contributed by atoms with van der Waals surface area (Å²) in [4.78, 5) is 28.3. The van der Waals surface area contributed by atoms with Crippen LogP contribution in [-0.2, 0) is 4.74 Å². The lowest BCUT2D eigenvalue weighted by atomic mass is 10.1. The molecule has 1 fully saturated rings. The van der Waals surface area contributed by atoms with Crippen LogP contribution in [-0.4, -0.2) is 51.4 Å². The number of likely N-dealkylation sites (tertiary alicyclic amines) is 1. The van der Waals surface area contributed by atoms with Crippen LogP contribution in [0.25, 0.3) is 15.9 Å². The van der Waals surface area contributed by atoms with E-state index in [2.05, 4.69) is 10.4 Å². The SMILES string of the molecule is Cc1nn(-c2ccc(F)cc2)c2sc(C(=O)NC3CCN(C(=O)OC(C)(C)C)CC3)cc12. The number of hydrogen-bond donors (Lipinski definition) is 1. The molecule has 7 nitrogen and oxygen atoms in total. The molecule has 3 aromatic rings. The van der Waals surface area contributed by atoms with Crippen molar-refractivity contribution >= 4 is 33.6 Å². The van der Waals surface area contributed by atoms with Gasteiger partial charge < -0.3 is 15.0 Å². The number of benzene rings is 1. The molecule has 2 aromatic heterocycles. The van der Waals surface area contributed by atoms with Gasteiger partial charge in [0.05, 0.1) is 16.3 Å². The second-order valence-corrected chi connectivity index (χ2v) is 10.0. The molecule has 1 aliphatic rings. The maximum absolute atomic E-state index is 13.3. The van der Waals surface area contributed by atoms with Crippen molar-refractivity contribution in [2.24, 2.45) is 0 Å². The minimum atomic E-state index is -0.523. The minimum Gasteiger partial charge on any atom is -0.444 e. The van der Waals surface area contributed by atoms with Crippen molar-refractivity contribution in [3.63, 3.8) is 0 Å². The number of amides is 2. The van der Waals surface area contributed by atoms with Crippen molar-refractivity contribution < 1.29 is 18.7 Å². The summed E-state index contributed by atoms with van der Waals surface area (Å²) in [6.45, 7) is 8.53. The number of nitrogens with one attached hydrogen (secondary N) is 1. The Morgan fingerprint density at radius 2 is 1.84 bits per heavy atom. The first-order valence-corrected chi connectivity index (χ1v) is 11.5. The number of aromatic nitrogens is 2. The van der Waals surface area contributed by atoms with E-state index in [1.807, 2.05) is 33.8 Å². The van der Waals surface area contributed by atoms with Crippen molar-refractivity contribution in [3.8, 4) is 5.69 Å². The highest BCUT2D eigenvalue weighted by Gasteiger charge is 2.28. The van der Waals surface area contributed by atoms with Crippen LogP contribution in [0.2, 0.25) is 0 Å². The maximum Gasteiger partial charge on any atom is 0.410 e. The van der Waals surface area contributed by atoms with E-state index in [9.17, 15) is 14.0 Å². The van der Waals surface area contributed by atoms with Gasteiger partial charge in [0.25, 0.3) is 5.91 Å². The van der Waals surface area contributed by atoms with Crippen molar-refractivity contribution in [1.29, 1.82) is 0 Å². The Morgan fingerprint density at radius 3 is 2.47 bits per heavy atom. The lowest BCUT2D eigenvalue weighted by Crippen LogP contribution is -2.47. The number of carbonyl (C=O) groups is 2. The van der Waals surface area contributed by atoms with Gasteiger partial charge in [-0.1, -0.05) is 0 Å². The number of piperidine rings is 1. The van der Waals surface area contributed by atoms with Crippen LogP contribution in [0.4, 0.5) is 9.18 Å². The molecular weight excluding hydrogens is 431 g/mol. The van der Waals surface area contributed by atoms with E-state index in [1.54, 1.807) is 21.7 Å². The largest absolute Gasteiger partial charge is 0.444 e. The molecule has 4 rings (SSSR count). The van der Waals surface area contributed by atoms with Gasteiger partial charge in [-0.15, -0.1) is 11.3 Å². The van der Waals surface area contributed by atoms with Gasteiger partial charge in [0.15, 0.2) is 0 Å². The van der Waals surface area contributed by atoms with Gasteiger partial charge in [-0.3, -0.25) is 4.79 Å². The van der Waals surface area contributed by atoms with Crippen LogP contribution < -0.4 is 5.32 Å². The number of aryl methyl sites for hydroxylation is 1. The Balaban J connectivity index is 1.42. The van der Waals surface area contributed by atoms with Crippen molar-refractivity contribution in [1.82, 2.24) is 20.0 Å². The lowest BCUT2D eigenvalue weighted by Gasteiger charge is -2.33. The third-order valence-corrected chi connectivity index (χ3v) is 6.43. The second kappa shape index (κ2) is 8.54. The quantitative estimate of drug-likeness (QED) is 0.619. The molecule has 1 N–H and O–H groups in total. The fourth-order valence-electron chi connectivity index (χ4n) is 3.71. The van der Waals surface area contributed by atoms with E-state index in [-0.39, 0.29) is 23.9 Å². The number of hydrogen-bond acceptors (Lipinski definition) is 5. The Kier molecular flexibility index (Phi) is 5.94. The summed E-state index contributed by atoms with van der Waals surface area (Å²) >= 11 is 1.36. The van der Waals surface area contributed by atoms with E-state index < -0.39 is 5.60 Å². The molecule has 0 bridgehead atoms. The third-order valence-electron chi connectivity index (χ3n) is 5.32. The first-order valence-electron chi connectivity index (χ1n) is 10.6. The number of halogens is 1. The highest BCUT2D eigenvalue weighted by molar-refractivity contribution is 7.20. The number of ether oxygens (including phenoxy) is 1. The van der Waals surface area contributed by atoms with Gasteiger partial charge in [0.2, 0.25) is 0 Å². The third kappa shape index (κ3) is 4.77. The van der Waals surface area contributed by atoms with Crippen molar-refractivity contribution in [2.45, 2.75) is 52.2 Å². The standard InChI is InChI=1S/C23H27FN4O3S/c1-14-18-13-19(32-21(18)28(26-14)17-7-5-15(24)6-8-17)20(29)25-16-9-11-27(12-10-16)22(30)31-23(2,3)4/h5-8,13,16H,9-12H2,1-4H3,(H,25,29).